The molecule has 4 aliphatic carbocycles. The molecule has 8 atom stereocenters. The zero-order valence-electron chi connectivity index (χ0n) is 20.1. The molecule has 0 aliphatic heterocycles. The summed E-state index contributed by atoms with van der Waals surface area (Å²) in [6, 6.07) is 0. The van der Waals surface area contributed by atoms with Crippen molar-refractivity contribution in [3.8, 4) is 0 Å². The molecule has 174 valence electrons. The second kappa shape index (κ2) is 8.53. The smallest absolute Gasteiger partial charge is 0.427 e. The average molecular weight is 431 g/mol. The molecule has 4 aliphatic rings. The molecule has 5 heteroatoms. The van der Waals surface area contributed by atoms with E-state index in [4.69, 9.17) is 4.74 Å². The minimum absolute atomic E-state index is 0.143. The minimum Gasteiger partial charge on any atom is -0.449 e. The number of rotatable bonds is 4. The van der Waals surface area contributed by atoms with Gasteiger partial charge >= 0.3 is 6.09 Å². The quantitative estimate of drug-likeness (QED) is 0.342. The Labute approximate surface area is 188 Å². The Bertz CT molecular complexity index is 762. The Hall–Kier alpha value is -1.36. The van der Waals surface area contributed by atoms with Gasteiger partial charge in [-0.3, -0.25) is 0 Å². The number of hydrogen-bond acceptors (Lipinski definition) is 4. The molecule has 0 spiro atoms. The largest absolute Gasteiger partial charge is 0.449 e. The van der Waals surface area contributed by atoms with Crippen LogP contribution in [-0.2, 0) is 4.74 Å². The molecule has 2 N–H and O–H groups in total. The first kappa shape index (κ1) is 22.8. The normalized spacial score (nSPS) is 44.6. The van der Waals surface area contributed by atoms with Crippen LogP contribution in [0.4, 0.5) is 4.79 Å². The summed E-state index contributed by atoms with van der Waals surface area (Å²) in [5.74, 6) is 3.21. The van der Waals surface area contributed by atoms with Crippen LogP contribution in [0.1, 0.15) is 86.0 Å². The first-order valence-electron chi connectivity index (χ1n) is 12.6. The molecule has 0 radical (unpaired) electrons. The molecule has 3 fully saturated rings. The van der Waals surface area contributed by atoms with Gasteiger partial charge in [-0.2, -0.15) is 5.10 Å². The van der Waals surface area contributed by atoms with Gasteiger partial charge in [-0.25, -0.2) is 10.2 Å². The molecule has 3 saturated carbocycles. The van der Waals surface area contributed by atoms with Crippen LogP contribution in [-0.4, -0.2) is 29.6 Å². The van der Waals surface area contributed by atoms with Crippen molar-refractivity contribution in [1.29, 1.82) is 0 Å². The van der Waals surface area contributed by atoms with E-state index in [-0.39, 0.29) is 16.9 Å². The van der Waals surface area contributed by atoms with Crippen molar-refractivity contribution < 1.29 is 14.6 Å². The molecule has 0 saturated heterocycles. The van der Waals surface area contributed by atoms with E-state index >= 15 is 0 Å². The number of aliphatic hydroxyl groups excluding tert-OH is 1. The summed E-state index contributed by atoms with van der Waals surface area (Å²) in [5, 5.41) is 14.7. The highest BCUT2D eigenvalue weighted by molar-refractivity contribution is 5.86. The number of ether oxygens (including phenoxy) is 1. The maximum atomic E-state index is 11.8. The van der Waals surface area contributed by atoms with Crippen LogP contribution in [0.2, 0.25) is 0 Å². The summed E-state index contributed by atoms with van der Waals surface area (Å²) in [6.45, 7) is 11.6. The van der Waals surface area contributed by atoms with Crippen LogP contribution in [0.5, 0.6) is 0 Å². The van der Waals surface area contributed by atoms with Gasteiger partial charge in [-0.15, -0.1) is 0 Å². The zero-order chi connectivity index (χ0) is 22.4. The van der Waals surface area contributed by atoms with Crippen LogP contribution >= 0.6 is 0 Å². The van der Waals surface area contributed by atoms with Gasteiger partial charge in [0.25, 0.3) is 0 Å². The monoisotopic (exact) mass is 430 g/mol. The van der Waals surface area contributed by atoms with Gasteiger partial charge in [-0.05, 0) is 93.3 Å². The maximum absolute atomic E-state index is 11.8. The van der Waals surface area contributed by atoms with Gasteiger partial charge in [0.1, 0.15) is 0 Å². The summed E-state index contributed by atoms with van der Waals surface area (Å²) < 4.78 is 5.00. The molecule has 1 amide bonds. The van der Waals surface area contributed by atoms with E-state index in [1.54, 1.807) is 0 Å². The number of aliphatic hydroxyl groups is 1. The molecule has 4 rings (SSSR count). The van der Waals surface area contributed by atoms with E-state index in [2.05, 4.69) is 44.3 Å². The van der Waals surface area contributed by atoms with Crippen LogP contribution in [0.25, 0.3) is 0 Å². The fraction of sp³-hybridized carbons (Fsp3) is 0.846. The predicted molar refractivity (Wildman–Crippen MR) is 124 cm³/mol. The maximum Gasteiger partial charge on any atom is 0.427 e. The van der Waals surface area contributed by atoms with E-state index in [0.29, 0.717) is 24.4 Å². The van der Waals surface area contributed by atoms with Gasteiger partial charge in [0.2, 0.25) is 0 Å². The molecular formula is C26H42N2O3. The van der Waals surface area contributed by atoms with Gasteiger partial charge in [0.05, 0.1) is 12.7 Å². The van der Waals surface area contributed by atoms with Crippen LogP contribution < -0.4 is 5.43 Å². The van der Waals surface area contributed by atoms with Crippen molar-refractivity contribution in [2.24, 2.45) is 45.5 Å². The van der Waals surface area contributed by atoms with Crippen LogP contribution in [0, 0.1) is 40.4 Å². The summed E-state index contributed by atoms with van der Waals surface area (Å²) >= 11 is 0. The zero-order valence-corrected chi connectivity index (χ0v) is 20.1. The molecule has 0 aromatic carbocycles. The van der Waals surface area contributed by atoms with E-state index in [1.165, 1.54) is 31.3 Å². The van der Waals surface area contributed by atoms with Crippen molar-refractivity contribution >= 4 is 11.8 Å². The lowest BCUT2D eigenvalue weighted by Gasteiger charge is -2.58. The molecule has 0 heterocycles. The molecule has 0 aromatic rings. The molecule has 31 heavy (non-hydrogen) atoms. The number of nitrogens with one attached hydrogen (secondary N) is 1. The van der Waals surface area contributed by atoms with Crippen molar-refractivity contribution in [2.45, 2.75) is 92.1 Å². The topological polar surface area (TPSA) is 70.9 Å². The predicted octanol–water partition coefficient (Wildman–Crippen LogP) is 5.68. The van der Waals surface area contributed by atoms with E-state index in [9.17, 15) is 9.90 Å². The summed E-state index contributed by atoms with van der Waals surface area (Å²) in [5.41, 5.74) is 5.72. The lowest BCUT2D eigenvalue weighted by Crippen LogP contribution is -2.51. The molecule has 8 unspecified atom stereocenters. The van der Waals surface area contributed by atoms with Gasteiger partial charge in [-0.1, -0.05) is 38.8 Å². The molecular weight excluding hydrogens is 388 g/mol. The highest BCUT2D eigenvalue weighted by Crippen LogP contribution is 2.67. The molecule has 5 nitrogen and oxygen atoms in total. The minimum atomic E-state index is -0.462. The van der Waals surface area contributed by atoms with Gasteiger partial charge in [0, 0.05) is 11.6 Å². The third kappa shape index (κ3) is 3.75. The second-order valence-electron chi connectivity index (χ2n) is 11.2. The van der Waals surface area contributed by atoms with E-state index < -0.39 is 6.09 Å². The highest BCUT2D eigenvalue weighted by atomic mass is 16.5. The number of carbonyl (C=O) groups excluding carboxylic acids is 1. The molecule has 0 aromatic heterocycles. The van der Waals surface area contributed by atoms with Crippen molar-refractivity contribution in [3.05, 3.63) is 11.6 Å². The van der Waals surface area contributed by atoms with Crippen LogP contribution in [0.3, 0.4) is 0 Å². The van der Waals surface area contributed by atoms with Gasteiger partial charge < -0.3 is 9.84 Å². The first-order valence-corrected chi connectivity index (χ1v) is 12.6. The van der Waals surface area contributed by atoms with Crippen LogP contribution in [0.15, 0.2) is 16.8 Å². The SMILES string of the molecule is CCOC(=O)NN=C(C)C1C(CC)CC2C3CC=C4CC(O)CCC4(C)C3CCC21C. The van der Waals surface area contributed by atoms with Crippen molar-refractivity contribution in [1.82, 2.24) is 5.43 Å². The number of amides is 1. The Morgan fingerprint density at radius 3 is 2.74 bits per heavy atom. The number of hydrogen-bond donors (Lipinski definition) is 2. The number of hydrazone groups is 1. The second-order valence-corrected chi connectivity index (χ2v) is 11.2. The number of allylic oxidation sites excluding steroid dienone is 1. The Morgan fingerprint density at radius 1 is 1.26 bits per heavy atom. The molecule has 0 bridgehead atoms. The number of nitrogens with zero attached hydrogens (tertiary/aromatic N) is 1. The lowest BCUT2D eigenvalue weighted by atomic mass is 9.47. The summed E-state index contributed by atoms with van der Waals surface area (Å²) in [6.07, 6.45) is 11.0. The Kier molecular flexibility index (Phi) is 6.28. The third-order valence-electron chi connectivity index (χ3n) is 9.83. The van der Waals surface area contributed by atoms with Crippen molar-refractivity contribution in [2.75, 3.05) is 6.61 Å². The first-order chi connectivity index (χ1) is 14.7. The standard InChI is InChI=1S/C26H42N2O3/c1-6-17-14-22-20-9-8-18-15-19(29)10-12-25(18,4)21(20)11-13-26(22,5)23(17)16(3)27-28-24(30)31-7-2/h8,17,19-23,29H,6-7,9-15H2,1-5H3,(H,28,30). The highest BCUT2D eigenvalue weighted by Gasteiger charge is 2.61. The average Bonchev–Trinajstić information content (AvgIpc) is 3.05. The van der Waals surface area contributed by atoms with E-state index in [1.807, 2.05) is 6.92 Å². The number of fused-ring (bicyclic) bond motifs is 5. The van der Waals surface area contributed by atoms with E-state index in [0.717, 1.165) is 43.2 Å². The third-order valence-corrected chi connectivity index (χ3v) is 9.83. The Balaban J connectivity index is 1.60. The summed E-state index contributed by atoms with van der Waals surface area (Å²) in [4.78, 5) is 11.8. The number of carbonyl (C=O) groups is 1. The lowest BCUT2D eigenvalue weighted by molar-refractivity contribution is -0.0425. The van der Waals surface area contributed by atoms with Gasteiger partial charge in [0.15, 0.2) is 0 Å². The summed E-state index contributed by atoms with van der Waals surface area (Å²) in [7, 11) is 0. The van der Waals surface area contributed by atoms with Crippen molar-refractivity contribution in [3.63, 3.8) is 0 Å². The fourth-order valence-corrected chi connectivity index (χ4v) is 8.41. The fourth-order valence-electron chi connectivity index (χ4n) is 8.41. The Morgan fingerprint density at radius 2 is 2.03 bits per heavy atom.